The van der Waals surface area contributed by atoms with E-state index in [1.54, 1.807) is 24.3 Å². The quantitative estimate of drug-likeness (QED) is 0.109. The summed E-state index contributed by atoms with van der Waals surface area (Å²) in [5, 5.41) is 0. The molecule has 2 aromatic carbocycles. The first-order valence-electron chi connectivity index (χ1n) is 13.7. The number of carbonyl (C=O) groups is 2. The van der Waals surface area contributed by atoms with Gasteiger partial charge in [-0.25, -0.2) is 0 Å². The van der Waals surface area contributed by atoms with Crippen molar-refractivity contribution in [3.05, 3.63) is 59.7 Å². The fourth-order valence-electron chi connectivity index (χ4n) is 3.98. The van der Waals surface area contributed by atoms with Gasteiger partial charge >= 0.3 is 0 Å². The van der Waals surface area contributed by atoms with Crippen molar-refractivity contribution in [3.63, 3.8) is 0 Å². The standard InChI is InChI=1S/C31H44O4/c1-3-5-7-9-11-13-23-34-28-19-15-26(16-20-28)25-30(32)31(33)27-17-21-29(22-18-27)35-24-14-12-10-8-6-4-2/h15-22H,3-14,23-25H2,1-2H3. The second-order valence-corrected chi connectivity index (χ2v) is 9.33. The van der Waals surface area contributed by atoms with Crippen LogP contribution in [0, 0.1) is 0 Å². The Morgan fingerprint density at radius 3 is 1.49 bits per heavy atom. The Morgan fingerprint density at radius 1 is 0.571 bits per heavy atom. The zero-order valence-electron chi connectivity index (χ0n) is 21.9. The third kappa shape index (κ3) is 12.1. The van der Waals surface area contributed by atoms with Gasteiger partial charge in [-0.3, -0.25) is 9.59 Å². The van der Waals surface area contributed by atoms with Gasteiger partial charge in [0.1, 0.15) is 11.5 Å². The summed E-state index contributed by atoms with van der Waals surface area (Å²) < 4.78 is 11.6. The lowest BCUT2D eigenvalue weighted by Crippen LogP contribution is -2.16. The first-order chi connectivity index (χ1) is 17.1. The van der Waals surface area contributed by atoms with Crippen molar-refractivity contribution < 1.29 is 19.1 Å². The molecule has 2 rings (SSSR count). The van der Waals surface area contributed by atoms with Crippen LogP contribution in [0.3, 0.4) is 0 Å². The minimum absolute atomic E-state index is 0.0901. The highest BCUT2D eigenvalue weighted by atomic mass is 16.5. The van der Waals surface area contributed by atoms with Gasteiger partial charge in [0.25, 0.3) is 0 Å². The molecule has 0 aliphatic heterocycles. The van der Waals surface area contributed by atoms with Crippen LogP contribution in [0.5, 0.6) is 11.5 Å². The molecule has 0 aliphatic carbocycles. The van der Waals surface area contributed by atoms with Gasteiger partial charge < -0.3 is 9.47 Å². The van der Waals surface area contributed by atoms with E-state index in [4.69, 9.17) is 9.47 Å². The van der Waals surface area contributed by atoms with E-state index in [9.17, 15) is 9.59 Å². The average molecular weight is 481 g/mol. The summed E-state index contributed by atoms with van der Waals surface area (Å²) in [7, 11) is 0. The van der Waals surface area contributed by atoms with Crippen LogP contribution >= 0.6 is 0 Å². The van der Waals surface area contributed by atoms with Crippen LogP contribution in [0.25, 0.3) is 0 Å². The minimum atomic E-state index is -0.462. The van der Waals surface area contributed by atoms with Crippen LogP contribution in [0.1, 0.15) is 107 Å². The lowest BCUT2D eigenvalue weighted by Gasteiger charge is -2.08. The van der Waals surface area contributed by atoms with Gasteiger partial charge in [0.05, 0.1) is 13.2 Å². The number of benzene rings is 2. The molecular formula is C31H44O4. The lowest BCUT2D eigenvalue weighted by molar-refractivity contribution is -0.114. The molecule has 0 radical (unpaired) electrons. The summed E-state index contributed by atoms with van der Waals surface area (Å²) in [5.74, 6) is 0.666. The first kappa shape index (κ1) is 28.6. The summed E-state index contributed by atoms with van der Waals surface area (Å²) in [6.45, 7) is 5.83. The monoisotopic (exact) mass is 480 g/mol. The topological polar surface area (TPSA) is 52.6 Å². The maximum Gasteiger partial charge on any atom is 0.228 e. The highest BCUT2D eigenvalue weighted by Gasteiger charge is 2.16. The summed E-state index contributed by atoms with van der Waals surface area (Å²) in [6, 6.07) is 14.4. The second kappa shape index (κ2) is 17.8. The molecule has 4 nitrogen and oxygen atoms in total. The number of Topliss-reactive ketones (excluding diaryl/α,β-unsaturated/α-hetero) is 2. The Balaban J connectivity index is 1.68. The number of ether oxygens (including phenoxy) is 2. The summed E-state index contributed by atoms with van der Waals surface area (Å²) in [5.41, 5.74) is 1.22. The van der Waals surface area contributed by atoms with Crippen molar-refractivity contribution in [1.82, 2.24) is 0 Å². The van der Waals surface area contributed by atoms with E-state index >= 15 is 0 Å². The maximum atomic E-state index is 12.6. The summed E-state index contributed by atoms with van der Waals surface area (Å²) >= 11 is 0. The van der Waals surface area contributed by atoms with Crippen molar-refractivity contribution in [2.75, 3.05) is 13.2 Å². The Labute approximate surface area is 212 Å². The molecule has 0 saturated carbocycles. The molecule has 0 heterocycles. The molecule has 0 amide bonds. The van der Waals surface area contributed by atoms with Gasteiger partial charge in [-0.15, -0.1) is 0 Å². The van der Waals surface area contributed by atoms with Crippen LogP contribution in [-0.2, 0) is 11.2 Å². The van der Waals surface area contributed by atoms with Crippen molar-refractivity contribution >= 4 is 11.6 Å². The molecular weight excluding hydrogens is 436 g/mol. The number of unbranched alkanes of at least 4 members (excludes halogenated alkanes) is 10. The van der Waals surface area contributed by atoms with E-state index in [-0.39, 0.29) is 6.42 Å². The van der Waals surface area contributed by atoms with Gasteiger partial charge in [0.15, 0.2) is 0 Å². The first-order valence-corrected chi connectivity index (χ1v) is 13.7. The number of ketones is 2. The normalized spacial score (nSPS) is 10.8. The molecule has 0 N–H and O–H groups in total. The van der Waals surface area contributed by atoms with Gasteiger partial charge in [-0.05, 0) is 54.8 Å². The van der Waals surface area contributed by atoms with E-state index in [2.05, 4.69) is 13.8 Å². The fraction of sp³-hybridized carbons (Fsp3) is 0.548. The van der Waals surface area contributed by atoms with Crippen molar-refractivity contribution in [1.29, 1.82) is 0 Å². The van der Waals surface area contributed by atoms with Gasteiger partial charge in [-0.1, -0.05) is 90.2 Å². The zero-order chi connectivity index (χ0) is 25.1. The third-order valence-electron chi connectivity index (χ3n) is 6.19. The second-order valence-electron chi connectivity index (χ2n) is 9.33. The molecule has 35 heavy (non-hydrogen) atoms. The van der Waals surface area contributed by atoms with Crippen LogP contribution in [0.4, 0.5) is 0 Å². The number of carbonyl (C=O) groups excluding carboxylic acids is 2. The van der Waals surface area contributed by atoms with Crippen LogP contribution in [-0.4, -0.2) is 24.8 Å². The Morgan fingerprint density at radius 2 is 1.00 bits per heavy atom. The Kier molecular flexibility index (Phi) is 14.5. The zero-order valence-corrected chi connectivity index (χ0v) is 21.9. The Bertz CT molecular complexity index is 839. The number of rotatable bonds is 20. The van der Waals surface area contributed by atoms with E-state index in [1.165, 1.54) is 64.2 Å². The minimum Gasteiger partial charge on any atom is -0.494 e. The van der Waals surface area contributed by atoms with Crippen molar-refractivity contribution in [2.24, 2.45) is 0 Å². The Hall–Kier alpha value is -2.62. The molecule has 4 heteroatoms. The van der Waals surface area contributed by atoms with Crippen LogP contribution in [0.15, 0.2) is 48.5 Å². The van der Waals surface area contributed by atoms with Crippen LogP contribution < -0.4 is 9.47 Å². The summed E-state index contributed by atoms with van der Waals surface area (Å²) in [6.07, 6.45) is 14.8. The largest absolute Gasteiger partial charge is 0.494 e. The molecule has 0 aliphatic rings. The highest BCUT2D eigenvalue weighted by molar-refractivity contribution is 6.44. The number of hydrogen-bond donors (Lipinski definition) is 0. The molecule has 0 atom stereocenters. The maximum absolute atomic E-state index is 12.6. The molecule has 192 valence electrons. The average Bonchev–Trinajstić information content (AvgIpc) is 2.88. The van der Waals surface area contributed by atoms with Gasteiger partial charge in [-0.2, -0.15) is 0 Å². The molecule has 2 aromatic rings. The predicted octanol–water partition coefficient (Wildman–Crippen LogP) is 8.16. The van der Waals surface area contributed by atoms with E-state index in [0.29, 0.717) is 18.8 Å². The molecule has 0 spiro atoms. The third-order valence-corrected chi connectivity index (χ3v) is 6.19. The molecule has 0 saturated heterocycles. The van der Waals surface area contributed by atoms with Gasteiger partial charge in [0.2, 0.25) is 11.6 Å². The lowest BCUT2D eigenvalue weighted by atomic mass is 10.0. The van der Waals surface area contributed by atoms with Gasteiger partial charge in [0, 0.05) is 12.0 Å². The fourth-order valence-corrected chi connectivity index (χ4v) is 3.98. The molecule has 0 fully saturated rings. The van der Waals surface area contributed by atoms with E-state index in [0.717, 1.165) is 29.9 Å². The number of hydrogen-bond acceptors (Lipinski definition) is 4. The summed E-state index contributed by atoms with van der Waals surface area (Å²) in [4.78, 5) is 25.1. The smallest absolute Gasteiger partial charge is 0.228 e. The predicted molar refractivity (Wildman–Crippen MR) is 144 cm³/mol. The SMILES string of the molecule is CCCCCCCCOc1ccc(CC(=O)C(=O)c2ccc(OCCCCCCCC)cc2)cc1. The van der Waals surface area contributed by atoms with E-state index < -0.39 is 11.6 Å². The van der Waals surface area contributed by atoms with Crippen LogP contribution in [0.2, 0.25) is 0 Å². The molecule has 0 unspecified atom stereocenters. The van der Waals surface area contributed by atoms with Crippen molar-refractivity contribution in [2.45, 2.75) is 97.3 Å². The highest BCUT2D eigenvalue weighted by Crippen LogP contribution is 2.17. The molecule has 0 bridgehead atoms. The molecule has 0 aromatic heterocycles. The van der Waals surface area contributed by atoms with E-state index in [1.807, 2.05) is 24.3 Å². The van der Waals surface area contributed by atoms with Crippen molar-refractivity contribution in [3.8, 4) is 11.5 Å².